The van der Waals surface area contributed by atoms with E-state index in [2.05, 4.69) is 20.8 Å². The number of nitrogens with one attached hydrogen (secondary N) is 3. The number of carbonyl (C=O) groups is 2. The number of amides is 2. The zero-order chi connectivity index (χ0) is 33.9. The Morgan fingerprint density at radius 1 is 1.20 bits per heavy atom. The summed E-state index contributed by atoms with van der Waals surface area (Å²) in [6.45, 7) is 3.14. The molecule has 2 unspecified atom stereocenters. The molecule has 1 fully saturated rings. The zero-order valence-electron chi connectivity index (χ0n) is 26.0. The molecule has 2 amide bonds. The fraction of sp³-hybridized carbons (Fsp3) is 0.483. The molecular formula is C29H41F3N8O5S. The number of halogens is 3. The van der Waals surface area contributed by atoms with E-state index in [-0.39, 0.29) is 50.0 Å². The number of hydrazine groups is 1. The van der Waals surface area contributed by atoms with E-state index in [9.17, 15) is 31.8 Å². The van der Waals surface area contributed by atoms with Crippen LogP contribution in [0.25, 0.3) is 0 Å². The molecule has 0 bridgehead atoms. The largest absolute Gasteiger partial charge is 0.433 e. The Morgan fingerprint density at radius 3 is 2.54 bits per heavy atom. The summed E-state index contributed by atoms with van der Waals surface area (Å²) < 4.78 is 60.3. The normalized spacial score (nSPS) is 16.1. The summed E-state index contributed by atoms with van der Waals surface area (Å²) in [5.41, 5.74) is 8.68. The van der Waals surface area contributed by atoms with Crippen LogP contribution in [0.3, 0.4) is 0 Å². The van der Waals surface area contributed by atoms with E-state index < -0.39 is 34.7 Å². The summed E-state index contributed by atoms with van der Waals surface area (Å²) in [6.07, 6.45) is -0.606. The molecule has 254 valence electrons. The maximum absolute atomic E-state index is 14.8. The predicted octanol–water partition coefficient (Wildman–Crippen LogP) is 0.971. The van der Waals surface area contributed by atoms with Gasteiger partial charge in [-0.3, -0.25) is 19.3 Å². The van der Waals surface area contributed by atoms with Gasteiger partial charge in [-0.1, -0.05) is 12.1 Å². The number of benzene rings is 1. The second-order valence-corrected chi connectivity index (χ2v) is 12.2. The summed E-state index contributed by atoms with van der Waals surface area (Å²) in [6, 6.07) is 8.72. The molecule has 1 saturated heterocycles. The van der Waals surface area contributed by atoms with Crippen molar-refractivity contribution in [1.29, 1.82) is 0 Å². The van der Waals surface area contributed by atoms with Crippen molar-refractivity contribution in [3.05, 3.63) is 70.4 Å². The molecule has 2 heterocycles. The van der Waals surface area contributed by atoms with Crippen LogP contribution in [0.1, 0.15) is 18.9 Å². The van der Waals surface area contributed by atoms with Crippen molar-refractivity contribution in [2.45, 2.75) is 38.7 Å². The average molecular weight is 671 g/mol. The molecule has 1 aromatic carbocycles. The Morgan fingerprint density at radius 2 is 1.91 bits per heavy atom. The summed E-state index contributed by atoms with van der Waals surface area (Å²) in [5, 5.41) is 6.64. The van der Waals surface area contributed by atoms with Gasteiger partial charge in [-0.15, -0.1) is 0 Å². The first-order valence-electron chi connectivity index (χ1n) is 14.5. The third-order valence-electron chi connectivity index (χ3n) is 6.87. The number of rotatable bonds is 16. The highest BCUT2D eigenvalue weighted by atomic mass is 32.2. The number of carbonyl (C=O) groups excluding carboxylic acids is 2. The van der Waals surface area contributed by atoms with Crippen LogP contribution in [0.5, 0.6) is 5.75 Å². The maximum Gasteiger partial charge on any atom is 0.394 e. The lowest BCUT2D eigenvalue weighted by Crippen LogP contribution is -2.48. The molecule has 17 heteroatoms. The number of hydrogen-bond donors (Lipinski definition) is 4. The minimum absolute atomic E-state index is 0.00252. The third kappa shape index (κ3) is 12.5. The van der Waals surface area contributed by atoms with Crippen LogP contribution in [0.15, 0.2) is 59.3 Å². The van der Waals surface area contributed by atoms with Gasteiger partial charge in [-0.2, -0.15) is 8.78 Å². The number of nitrogens with two attached hydrogens (primary N) is 1. The molecule has 1 aliphatic rings. The summed E-state index contributed by atoms with van der Waals surface area (Å²) in [7, 11) is 0.479. The summed E-state index contributed by atoms with van der Waals surface area (Å²) in [4.78, 5) is 39.5. The van der Waals surface area contributed by atoms with Gasteiger partial charge in [0.1, 0.15) is 17.6 Å². The minimum Gasteiger partial charge on any atom is -0.433 e. The lowest BCUT2D eigenvalue weighted by atomic mass is 10.2. The molecular weight excluding hydrogens is 629 g/mol. The highest BCUT2D eigenvalue weighted by molar-refractivity contribution is 7.81. The van der Waals surface area contributed by atoms with Gasteiger partial charge in [0.2, 0.25) is 5.91 Å². The van der Waals surface area contributed by atoms with Crippen LogP contribution in [0, 0.1) is 0 Å². The Labute approximate surface area is 268 Å². The molecule has 0 saturated carbocycles. The van der Waals surface area contributed by atoms with Crippen molar-refractivity contribution < 1.29 is 31.7 Å². The lowest BCUT2D eigenvalue weighted by Gasteiger charge is -2.32. The Balaban J connectivity index is 1.40. The first-order valence-corrected chi connectivity index (χ1v) is 16.0. The number of alkyl halides is 3. The lowest BCUT2D eigenvalue weighted by molar-refractivity contribution is -0.159. The number of ether oxygens (including phenoxy) is 1. The van der Waals surface area contributed by atoms with Gasteiger partial charge in [-0.05, 0) is 30.2 Å². The quantitative estimate of drug-likeness (QED) is 0.151. The van der Waals surface area contributed by atoms with E-state index in [4.69, 9.17) is 5.73 Å². The van der Waals surface area contributed by atoms with Crippen LogP contribution in [0.2, 0.25) is 0 Å². The molecule has 2 atom stereocenters. The molecule has 0 spiro atoms. The Hall–Kier alpha value is -3.93. The van der Waals surface area contributed by atoms with Crippen LogP contribution >= 0.6 is 0 Å². The number of piperazine rings is 1. The molecule has 2 aromatic rings. The number of aryl methyl sites for hydroxylation is 1. The summed E-state index contributed by atoms with van der Waals surface area (Å²) >= 11 is 0. The van der Waals surface area contributed by atoms with Crippen LogP contribution in [0.4, 0.5) is 18.9 Å². The fourth-order valence-electron chi connectivity index (χ4n) is 4.60. The van der Waals surface area contributed by atoms with Gasteiger partial charge in [0, 0.05) is 90.2 Å². The number of anilines is 1. The second-order valence-electron chi connectivity index (χ2n) is 10.8. The van der Waals surface area contributed by atoms with Crippen molar-refractivity contribution in [3.63, 3.8) is 0 Å². The standard InChI is InChI=1S/C29H41F3N8O5S/c1-29(31,32)45-24-6-4-5-21(15-24)18-34-28(43)25(17-33)36-37(2)19-22(30)7-9-39-10-8-23(16-27(39)42)35-26(41)20-38-11-13-40(14-12-38)46(3)44/h4-6,8,10,15-17,22,36H,7,9,11-14,18-20,33H2,1-3H3,(H,34,43)(H,35,41)/b25-17-. The fourth-order valence-corrected chi connectivity index (χ4v) is 5.28. The van der Waals surface area contributed by atoms with E-state index in [1.165, 1.54) is 47.1 Å². The molecule has 3 rings (SSSR count). The highest BCUT2D eigenvalue weighted by Crippen LogP contribution is 2.21. The van der Waals surface area contributed by atoms with Crippen molar-refractivity contribution in [2.24, 2.45) is 5.73 Å². The minimum atomic E-state index is -3.35. The van der Waals surface area contributed by atoms with E-state index in [1.807, 2.05) is 9.21 Å². The molecule has 5 N–H and O–H groups in total. The number of pyridine rings is 1. The zero-order valence-corrected chi connectivity index (χ0v) is 26.8. The molecule has 1 aliphatic heterocycles. The van der Waals surface area contributed by atoms with E-state index in [0.29, 0.717) is 44.4 Å². The smallest absolute Gasteiger partial charge is 0.394 e. The van der Waals surface area contributed by atoms with Crippen LogP contribution < -0.4 is 32.1 Å². The van der Waals surface area contributed by atoms with Crippen LogP contribution in [-0.4, -0.2) is 99.7 Å². The van der Waals surface area contributed by atoms with Crippen molar-refractivity contribution in [1.82, 2.24) is 29.5 Å². The number of nitrogens with zero attached hydrogens (tertiary/aromatic N) is 4. The van der Waals surface area contributed by atoms with Gasteiger partial charge >= 0.3 is 6.11 Å². The Kier molecular flexibility index (Phi) is 13.6. The van der Waals surface area contributed by atoms with Crippen molar-refractivity contribution in [3.8, 4) is 5.75 Å². The monoisotopic (exact) mass is 670 g/mol. The topological polar surface area (TPSA) is 154 Å². The first-order chi connectivity index (χ1) is 21.7. The van der Waals surface area contributed by atoms with Crippen molar-refractivity contribution >= 4 is 28.5 Å². The van der Waals surface area contributed by atoms with Gasteiger partial charge in [0.25, 0.3) is 11.5 Å². The third-order valence-corrected chi connectivity index (χ3v) is 7.96. The van der Waals surface area contributed by atoms with Crippen LogP contribution in [-0.2, 0) is 33.7 Å². The van der Waals surface area contributed by atoms with E-state index in [0.717, 1.165) is 6.20 Å². The number of hydrogen-bond acceptors (Lipinski definition) is 9. The van der Waals surface area contributed by atoms with E-state index >= 15 is 0 Å². The second kappa shape index (κ2) is 17.1. The molecule has 1 aromatic heterocycles. The van der Waals surface area contributed by atoms with Gasteiger partial charge in [0.05, 0.1) is 17.5 Å². The molecule has 13 nitrogen and oxygen atoms in total. The SMILES string of the molecule is CN(CC(F)CCn1ccc(NC(=O)CN2CCN(S(C)=O)CC2)cc1=O)N/C(=C\N)C(=O)NCc1cccc(OC(C)(F)F)c1. The maximum atomic E-state index is 14.8. The molecule has 0 radical (unpaired) electrons. The Bertz CT molecular complexity index is 1450. The first kappa shape index (κ1) is 36.5. The number of aromatic nitrogens is 1. The molecule has 0 aliphatic carbocycles. The molecule has 46 heavy (non-hydrogen) atoms. The average Bonchev–Trinajstić information content (AvgIpc) is 2.97. The summed E-state index contributed by atoms with van der Waals surface area (Å²) in [5.74, 6) is -0.933. The van der Waals surface area contributed by atoms with Gasteiger partial charge in [-0.25, -0.2) is 17.9 Å². The predicted molar refractivity (Wildman–Crippen MR) is 168 cm³/mol. The van der Waals surface area contributed by atoms with Gasteiger partial charge < -0.3 is 31.1 Å². The highest BCUT2D eigenvalue weighted by Gasteiger charge is 2.23. The van der Waals surface area contributed by atoms with Gasteiger partial charge in [0.15, 0.2) is 0 Å². The van der Waals surface area contributed by atoms with Crippen molar-refractivity contribution in [2.75, 3.05) is 57.9 Å². The van der Waals surface area contributed by atoms with E-state index in [1.54, 1.807) is 18.4 Å².